The van der Waals surface area contributed by atoms with Gasteiger partial charge in [0.05, 0.1) is 19.8 Å². The summed E-state index contributed by atoms with van der Waals surface area (Å²) in [7, 11) is 1.59. The second-order valence-corrected chi connectivity index (χ2v) is 2.89. The highest BCUT2D eigenvalue weighted by molar-refractivity contribution is 5.88. The molecule has 0 spiro atoms. The third kappa shape index (κ3) is 3.63. The summed E-state index contributed by atoms with van der Waals surface area (Å²) in [6.07, 6.45) is 1.20. The predicted octanol–water partition coefficient (Wildman–Crippen LogP) is 1.01. The van der Waals surface area contributed by atoms with E-state index in [9.17, 15) is 4.79 Å². The molecule has 0 radical (unpaired) electrons. The van der Waals surface area contributed by atoms with E-state index in [0.29, 0.717) is 25.6 Å². The summed E-state index contributed by atoms with van der Waals surface area (Å²) in [5, 5.41) is 0. The molecule has 1 aromatic rings. The largest absolute Gasteiger partial charge is 0.461 e. The lowest BCUT2D eigenvalue weighted by molar-refractivity contribution is 0.0462. The number of rotatable bonds is 7. The van der Waals surface area contributed by atoms with Gasteiger partial charge in [-0.15, -0.1) is 0 Å². The minimum absolute atomic E-state index is 0.166. The average Bonchev–Trinajstić information content (AvgIpc) is 2.73. The zero-order valence-electron chi connectivity index (χ0n) is 9.39. The number of carbonyl (C=O) groups is 1. The topological polar surface area (TPSA) is 70.8 Å². The first-order chi connectivity index (χ1) is 7.79. The molecule has 0 bridgehead atoms. The van der Waals surface area contributed by atoms with E-state index >= 15 is 0 Å². The number of esters is 1. The Kier molecular flexibility index (Phi) is 5.52. The maximum absolute atomic E-state index is 11.4. The first kappa shape index (κ1) is 12.7. The minimum Gasteiger partial charge on any atom is -0.461 e. The number of carbonyl (C=O) groups excluding carboxylic acids is 1. The van der Waals surface area contributed by atoms with E-state index in [-0.39, 0.29) is 12.3 Å². The fourth-order valence-corrected chi connectivity index (χ4v) is 1.05. The van der Waals surface area contributed by atoms with Crippen molar-refractivity contribution in [3.8, 4) is 0 Å². The summed E-state index contributed by atoms with van der Waals surface area (Å²) in [5.41, 5.74) is 0.166. The van der Waals surface area contributed by atoms with Gasteiger partial charge in [-0.05, 0) is 6.92 Å². The van der Waals surface area contributed by atoms with Crippen molar-refractivity contribution < 1.29 is 23.4 Å². The Morgan fingerprint density at radius 2 is 2.31 bits per heavy atom. The first-order valence-electron chi connectivity index (χ1n) is 4.95. The predicted molar refractivity (Wildman–Crippen MR) is 54.0 cm³/mol. The van der Waals surface area contributed by atoms with Crippen molar-refractivity contribution in [3.05, 3.63) is 17.8 Å². The van der Waals surface area contributed by atoms with Gasteiger partial charge in [-0.2, -0.15) is 0 Å². The summed E-state index contributed by atoms with van der Waals surface area (Å²) in [6, 6.07) is 0. The van der Waals surface area contributed by atoms with Crippen molar-refractivity contribution in [3.63, 3.8) is 0 Å². The molecule has 0 N–H and O–H groups in total. The van der Waals surface area contributed by atoms with Crippen LogP contribution in [0.1, 0.15) is 23.2 Å². The lowest BCUT2D eigenvalue weighted by atomic mass is 10.3. The lowest BCUT2D eigenvalue weighted by Crippen LogP contribution is -2.09. The highest BCUT2D eigenvalue weighted by Gasteiger charge is 2.17. The molecule has 1 aromatic heterocycles. The first-order valence-corrected chi connectivity index (χ1v) is 4.95. The second kappa shape index (κ2) is 6.97. The van der Waals surface area contributed by atoms with Crippen LogP contribution < -0.4 is 0 Å². The number of nitrogens with zero attached hydrogens (tertiary/aromatic N) is 1. The van der Waals surface area contributed by atoms with E-state index in [1.165, 1.54) is 6.39 Å². The van der Waals surface area contributed by atoms with Crippen LogP contribution in [0, 0.1) is 0 Å². The molecule has 1 rings (SSSR count). The van der Waals surface area contributed by atoms with Crippen molar-refractivity contribution in [1.82, 2.24) is 4.98 Å². The fraction of sp³-hybridized carbons (Fsp3) is 0.600. The SMILES string of the molecule is CCOC(=O)c1ncoc1COCCOC. The summed E-state index contributed by atoms with van der Waals surface area (Å²) in [5.74, 6) is -0.129. The number of ether oxygens (including phenoxy) is 3. The Morgan fingerprint density at radius 1 is 1.50 bits per heavy atom. The summed E-state index contributed by atoms with van der Waals surface area (Å²) in [4.78, 5) is 15.2. The smallest absolute Gasteiger partial charge is 0.360 e. The molecule has 0 atom stereocenters. The Bertz CT molecular complexity index is 323. The molecule has 90 valence electrons. The van der Waals surface area contributed by atoms with E-state index in [0.717, 1.165) is 0 Å². The molecule has 6 heteroatoms. The van der Waals surface area contributed by atoms with Crippen LogP contribution in [0.15, 0.2) is 10.8 Å². The summed E-state index contributed by atoms with van der Waals surface area (Å²) in [6.45, 7) is 3.13. The van der Waals surface area contributed by atoms with Crippen LogP contribution in [0.25, 0.3) is 0 Å². The van der Waals surface area contributed by atoms with Crippen molar-refractivity contribution in [1.29, 1.82) is 0 Å². The molecule has 6 nitrogen and oxygen atoms in total. The van der Waals surface area contributed by atoms with Crippen molar-refractivity contribution in [2.75, 3.05) is 26.9 Å². The van der Waals surface area contributed by atoms with Crippen molar-refractivity contribution >= 4 is 5.97 Å². The maximum Gasteiger partial charge on any atom is 0.360 e. The molecule has 16 heavy (non-hydrogen) atoms. The molecule has 0 aliphatic heterocycles. The number of hydrogen-bond acceptors (Lipinski definition) is 6. The number of aromatic nitrogens is 1. The van der Waals surface area contributed by atoms with E-state index in [1.54, 1.807) is 14.0 Å². The van der Waals surface area contributed by atoms with Crippen LogP contribution in [0.4, 0.5) is 0 Å². The molecule has 0 aromatic carbocycles. The van der Waals surface area contributed by atoms with Crippen LogP contribution in [0.2, 0.25) is 0 Å². The van der Waals surface area contributed by atoms with Gasteiger partial charge in [-0.25, -0.2) is 9.78 Å². The van der Waals surface area contributed by atoms with Gasteiger partial charge >= 0.3 is 5.97 Å². The maximum atomic E-state index is 11.4. The summed E-state index contributed by atoms with van der Waals surface area (Å²) < 4.78 is 19.9. The van der Waals surface area contributed by atoms with Gasteiger partial charge in [-0.1, -0.05) is 0 Å². The van der Waals surface area contributed by atoms with Crippen molar-refractivity contribution in [2.45, 2.75) is 13.5 Å². The third-order valence-electron chi connectivity index (χ3n) is 1.77. The molecule has 0 aliphatic carbocycles. The Labute approximate surface area is 93.5 Å². The lowest BCUT2D eigenvalue weighted by Gasteiger charge is -2.02. The minimum atomic E-state index is -0.499. The number of hydrogen-bond donors (Lipinski definition) is 0. The van der Waals surface area contributed by atoms with Gasteiger partial charge in [-0.3, -0.25) is 0 Å². The van der Waals surface area contributed by atoms with E-state index in [1.807, 2.05) is 0 Å². The number of methoxy groups -OCH3 is 1. The molecule has 0 saturated heterocycles. The normalized spacial score (nSPS) is 10.4. The second-order valence-electron chi connectivity index (χ2n) is 2.89. The van der Waals surface area contributed by atoms with Gasteiger partial charge in [0.2, 0.25) is 0 Å². The standard InChI is InChI=1S/C10H15NO5/c1-3-15-10(12)9-8(16-7-11-9)6-14-5-4-13-2/h7H,3-6H2,1-2H3. The average molecular weight is 229 g/mol. The van der Waals surface area contributed by atoms with E-state index in [2.05, 4.69) is 4.98 Å². The molecule has 0 saturated carbocycles. The highest BCUT2D eigenvalue weighted by Crippen LogP contribution is 2.09. The summed E-state index contributed by atoms with van der Waals surface area (Å²) >= 11 is 0. The van der Waals surface area contributed by atoms with Crippen LogP contribution in [0.3, 0.4) is 0 Å². The quantitative estimate of drug-likeness (QED) is 0.513. The zero-order chi connectivity index (χ0) is 11.8. The molecule has 0 fully saturated rings. The van der Waals surface area contributed by atoms with Gasteiger partial charge in [0.25, 0.3) is 0 Å². The molecule has 0 unspecified atom stereocenters. The van der Waals surface area contributed by atoms with Gasteiger partial charge in [0.15, 0.2) is 17.8 Å². The van der Waals surface area contributed by atoms with Crippen LogP contribution >= 0.6 is 0 Å². The fourth-order valence-electron chi connectivity index (χ4n) is 1.05. The van der Waals surface area contributed by atoms with E-state index < -0.39 is 5.97 Å². The van der Waals surface area contributed by atoms with Crippen LogP contribution in [-0.2, 0) is 20.8 Å². The van der Waals surface area contributed by atoms with Crippen molar-refractivity contribution in [2.24, 2.45) is 0 Å². The Balaban J connectivity index is 2.47. The molecular weight excluding hydrogens is 214 g/mol. The van der Waals surface area contributed by atoms with Gasteiger partial charge < -0.3 is 18.6 Å². The number of oxazole rings is 1. The monoisotopic (exact) mass is 229 g/mol. The van der Waals surface area contributed by atoms with Gasteiger partial charge in [0, 0.05) is 7.11 Å². The van der Waals surface area contributed by atoms with E-state index in [4.69, 9.17) is 18.6 Å². The molecule has 0 amide bonds. The molecule has 1 heterocycles. The highest BCUT2D eigenvalue weighted by atomic mass is 16.5. The van der Waals surface area contributed by atoms with Crippen LogP contribution in [0.5, 0.6) is 0 Å². The zero-order valence-corrected chi connectivity index (χ0v) is 9.39. The molecular formula is C10H15NO5. The Morgan fingerprint density at radius 3 is 3.00 bits per heavy atom. The van der Waals surface area contributed by atoms with Gasteiger partial charge in [0.1, 0.15) is 6.61 Å². The molecule has 0 aliphatic rings. The third-order valence-corrected chi connectivity index (χ3v) is 1.77. The Hall–Kier alpha value is -1.40. The van der Waals surface area contributed by atoms with Crippen LogP contribution in [-0.4, -0.2) is 37.9 Å².